The minimum atomic E-state index is -0.540. The van der Waals surface area contributed by atoms with Gasteiger partial charge >= 0.3 is 5.69 Å². The maximum absolute atomic E-state index is 12.4. The van der Waals surface area contributed by atoms with E-state index in [9.17, 15) is 9.59 Å². The number of hydrogen-bond acceptors (Lipinski definition) is 5. The van der Waals surface area contributed by atoms with Gasteiger partial charge in [-0.2, -0.15) is 0 Å². The first-order chi connectivity index (χ1) is 13.1. The predicted molar refractivity (Wildman–Crippen MR) is 111 cm³/mol. The smallest absolute Gasteiger partial charge is 0.325 e. The Labute approximate surface area is 162 Å². The molecule has 0 unspecified atom stereocenters. The number of nitrogens with zero attached hydrogens (tertiary/aromatic N) is 2. The van der Waals surface area contributed by atoms with Crippen LogP contribution in [0, 0.1) is 4.64 Å². The first-order valence-corrected chi connectivity index (χ1v) is 9.43. The van der Waals surface area contributed by atoms with Gasteiger partial charge in [0, 0.05) is 4.88 Å². The second-order valence-electron chi connectivity index (χ2n) is 5.83. The molecule has 0 spiro atoms. The number of benzene rings is 1. The third kappa shape index (κ3) is 3.57. The van der Waals surface area contributed by atoms with E-state index in [4.69, 9.17) is 12.2 Å². The van der Waals surface area contributed by atoms with E-state index < -0.39 is 11.2 Å². The highest BCUT2D eigenvalue weighted by Crippen LogP contribution is 2.14. The van der Waals surface area contributed by atoms with Gasteiger partial charge < -0.3 is 4.98 Å². The largest absolute Gasteiger partial charge is 0.330 e. The normalized spacial score (nSPS) is 11.4. The van der Waals surface area contributed by atoms with E-state index in [0.29, 0.717) is 18.0 Å². The number of thiophene rings is 1. The van der Waals surface area contributed by atoms with Gasteiger partial charge in [0.2, 0.25) is 0 Å². The molecule has 8 heteroatoms. The van der Waals surface area contributed by atoms with E-state index in [1.807, 2.05) is 53.9 Å². The van der Waals surface area contributed by atoms with Crippen LogP contribution in [0.15, 0.2) is 57.4 Å². The number of fused-ring (bicyclic) bond motifs is 1. The lowest BCUT2D eigenvalue weighted by Crippen LogP contribution is -2.31. The fourth-order valence-corrected chi connectivity index (χ4v) is 3.66. The van der Waals surface area contributed by atoms with Crippen LogP contribution in [0.3, 0.4) is 0 Å². The van der Waals surface area contributed by atoms with Gasteiger partial charge in [0.05, 0.1) is 6.54 Å². The Bertz CT molecular complexity index is 1300. The van der Waals surface area contributed by atoms with Crippen molar-refractivity contribution in [3.63, 3.8) is 0 Å². The van der Waals surface area contributed by atoms with Crippen molar-refractivity contribution in [1.82, 2.24) is 19.5 Å². The maximum atomic E-state index is 12.4. The zero-order chi connectivity index (χ0) is 18.8. The SMILES string of the molecule is O=c1[nH]c(=O)n(Cc2ccccc2)c2[nH]c(/C=C/c3cccs3)nc(=S)c12. The van der Waals surface area contributed by atoms with Crippen LogP contribution < -0.4 is 11.2 Å². The predicted octanol–water partition coefficient (Wildman–Crippen LogP) is 3.42. The minimum absolute atomic E-state index is 0.151. The van der Waals surface area contributed by atoms with E-state index in [0.717, 1.165) is 10.4 Å². The zero-order valence-electron chi connectivity index (χ0n) is 14.0. The Morgan fingerprint density at radius 2 is 1.89 bits per heavy atom. The molecular formula is C19H14N4O2S2. The van der Waals surface area contributed by atoms with Crippen LogP contribution in [-0.4, -0.2) is 19.5 Å². The summed E-state index contributed by atoms with van der Waals surface area (Å²) in [5.41, 5.74) is 0.251. The Kier molecular flexibility index (Phi) is 4.66. The highest BCUT2D eigenvalue weighted by Gasteiger charge is 2.11. The lowest BCUT2D eigenvalue weighted by Gasteiger charge is -2.10. The van der Waals surface area contributed by atoms with Crippen molar-refractivity contribution in [1.29, 1.82) is 0 Å². The third-order valence-electron chi connectivity index (χ3n) is 4.01. The molecule has 27 heavy (non-hydrogen) atoms. The van der Waals surface area contributed by atoms with Crippen LogP contribution in [0.25, 0.3) is 23.2 Å². The standard InChI is InChI=1S/C19H14N4O2S2/c24-17-15-16(23(19(25)22-17)11-12-5-2-1-3-6-12)20-14(21-18(15)26)9-8-13-7-4-10-27-13/h1-10H,11H2,(H,20,21,26)(H,22,24,25)/b9-8+. The summed E-state index contributed by atoms with van der Waals surface area (Å²) in [5.74, 6) is 0.479. The molecule has 3 aromatic heterocycles. The second-order valence-corrected chi connectivity index (χ2v) is 7.20. The lowest BCUT2D eigenvalue weighted by molar-refractivity contribution is 0.743. The molecule has 0 atom stereocenters. The molecule has 0 bridgehead atoms. The molecule has 1 aromatic carbocycles. The molecule has 6 nitrogen and oxygen atoms in total. The number of nitrogens with one attached hydrogen (secondary N) is 2. The molecule has 0 amide bonds. The van der Waals surface area contributed by atoms with E-state index >= 15 is 0 Å². The zero-order valence-corrected chi connectivity index (χ0v) is 15.6. The molecule has 0 aliphatic rings. The van der Waals surface area contributed by atoms with E-state index in [1.54, 1.807) is 17.4 Å². The van der Waals surface area contributed by atoms with Gasteiger partial charge in [0.1, 0.15) is 21.5 Å². The Morgan fingerprint density at radius 3 is 2.63 bits per heavy atom. The van der Waals surface area contributed by atoms with Crippen molar-refractivity contribution in [3.8, 4) is 0 Å². The summed E-state index contributed by atoms with van der Waals surface area (Å²) in [7, 11) is 0. The highest BCUT2D eigenvalue weighted by atomic mass is 32.1. The maximum Gasteiger partial charge on any atom is 0.330 e. The van der Waals surface area contributed by atoms with E-state index in [1.165, 1.54) is 4.57 Å². The van der Waals surface area contributed by atoms with Gasteiger partial charge in [-0.1, -0.05) is 48.6 Å². The monoisotopic (exact) mass is 394 g/mol. The quantitative estimate of drug-likeness (QED) is 0.520. The molecule has 0 fully saturated rings. The van der Waals surface area contributed by atoms with Gasteiger partial charge in [-0.15, -0.1) is 11.3 Å². The van der Waals surface area contributed by atoms with Crippen molar-refractivity contribution in [2.45, 2.75) is 6.54 Å². The van der Waals surface area contributed by atoms with Crippen LogP contribution >= 0.6 is 23.6 Å². The van der Waals surface area contributed by atoms with Crippen LogP contribution in [-0.2, 0) is 6.54 Å². The van der Waals surface area contributed by atoms with Crippen molar-refractivity contribution < 1.29 is 0 Å². The van der Waals surface area contributed by atoms with Crippen molar-refractivity contribution >= 4 is 46.7 Å². The van der Waals surface area contributed by atoms with E-state index in [-0.39, 0.29) is 10.0 Å². The molecular weight excluding hydrogens is 380 g/mol. The van der Waals surface area contributed by atoms with Crippen LogP contribution in [0.1, 0.15) is 16.3 Å². The second kappa shape index (κ2) is 7.26. The molecule has 4 aromatic rings. The van der Waals surface area contributed by atoms with Gasteiger partial charge in [-0.3, -0.25) is 14.3 Å². The van der Waals surface area contributed by atoms with Crippen molar-refractivity contribution in [3.05, 3.63) is 89.6 Å². The molecule has 0 saturated carbocycles. The summed E-state index contributed by atoms with van der Waals surface area (Å²) >= 11 is 6.91. The summed E-state index contributed by atoms with van der Waals surface area (Å²) in [5, 5.41) is 2.18. The first kappa shape index (κ1) is 17.3. The molecule has 0 aliphatic carbocycles. The van der Waals surface area contributed by atoms with Gasteiger partial charge in [-0.05, 0) is 29.2 Å². The van der Waals surface area contributed by atoms with Crippen LogP contribution in [0.2, 0.25) is 0 Å². The number of aromatic nitrogens is 4. The first-order valence-electron chi connectivity index (χ1n) is 8.14. The van der Waals surface area contributed by atoms with Crippen LogP contribution in [0.5, 0.6) is 0 Å². The number of aromatic amines is 2. The number of rotatable bonds is 4. The van der Waals surface area contributed by atoms with Gasteiger partial charge in [0.15, 0.2) is 0 Å². The van der Waals surface area contributed by atoms with Crippen molar-refractivity contribution in [2.24, 2.45) is 0 Å². The molecule has 2 N–H and O–H groups in total. The molecule has 0 aliphatic heterocycles. The molecule has 134 valence electrons. The average molecular weight is 394 g/mol. The Hall–Kier alpha value is -3.10. The summed E-state index contributed by atoms with van der Waals surface area (Å²) in [6.45, 7) is 0.302. The minimum Gasteiger partial charge on any atom is -0.325 e. The van der Waals surface area contributed by atoms with Crippen molar-refractivity contribution in [2.75, 3.05) is 0 Å². The number of H-pyrrole nitrogens is 2. The molecule has 0 saturated heterocycles. The fourth-order valence-electron chi connectivity index (χ4n) is 2.76. The summed E-state index contributed by atoms with van der Waals surface area (Å²) in [6, 6.07) is 13.5. The highest BCUT2D eigenvalue weighted by molar-refractivity contribution is 7.71. The topological polar surface area (TPSA) is 83.5 Å². The van der Waals surface area contributed by atoms with Gasteiger partial charge in [-0.25, -0.2) is 9.78 Å². The number of hydrogen-bond donors (Lipinski definition) is 2. The molecule has 3 heterocycles. The molecule has 0 radical (unpaired) electrons. The Balaban J connectivity index is 1.90. The van der Waals surface area contributed by atoms with Gasteiger partial charge in [0.25, 0.3) is 5.56 Å². The lowest BCUT2D eigenvalue weighted by atomic mass is 10.2. The van der Waals surface area contributed by atoms with Crippen LogP contribution in [0.4, 0.5) is 0 Å². The molecule has 4 rings (SSSR count). The average Bonchev–Trinajstić information content (AvgIpc) is 3.17. The fraction of sp³-hybridized carbons (Fsp3) is 0.0526. The summed E-state index contributed by atoms with van der Waals surface area (Å²) in [6.07, 6.45) is 3.68. The third-order valence-corrected chi connectivity index (χ3v) is 5.15. The van der Waals surface area contributed by atoms with E-state index in [2.05, 4.69) is 15.0 Å². The summed E-state index contributed by atoms with van der Waals surface area (Å²) < 4.78 is 1.61. The Morgan fingerprint density at radius 1 is 1.07 bits per heavy atom. The summed E-state index contributed by atoms with van der Waals surface area (Å²) in [4.78, 5) is 35.5.